The van der Waals surface area contributed by atoms with Gasteiger partial charge >= 0.3 is 0 Å². The molecule has 1 atom stereocenters. The Balaban J connectivity index is 2.05. The van der Waals surface area contributed by atoms with Gasteiger partial charge in [0.1, 0.15) is 6.04 Å². The highest BCUT2D eigenvalue weighted by atomic mass is 32.1. The fraction of sp³-hybridized carbons (Fsp3) is 0.333. The minimum absolute atomic E-state index is 0.0729. The molecule has 128 valence electrons. The van der Waals surface area contributed by atoms with Gasteiger partial charge < -0.3 is 5.32 Å². The summed E-state index contributed by atoms with van der Waals surface area (Å²) in [7, 11) is 0. The smallest absolute Gasteiger partial charge is 0.293 e. The van der Waals surface area contributed by atoms with E-state index in [1.165, 1.54) is 22.9 Å². The van der Waals surface area contributed by atoms with E-state index in [0.29, 0.717) is 0 Å². The molecule has 1 aromatic carbocycles. The number of hydrogen-bond acceptors (Lipinski definition) is 3. The van der Waals surface area contributed by atoms with Gasteiger partial charge in [-0.2, -0.15) is 0 Å². The average molecular weight is 346 g/mol. The first-order valence-corrected chi connectivity index (χ1v) is 8.99. The topological polar surface area (TPSA) is 74.8 Å². The van der Waals surface area contributed by atoms with Crippen molar-refractivity contribution in [3.63, 3.8) is 0 Å². The van der Waals surface area contributed by atoms with Crippen LogP contribution in [0.1, 0.15) is 42.3 Å². The normalized spacial score (nSPS) is 11.8. The second-order valence-electron chi connectivity index (χ2n) is 5.65. The maximum atomic E-state index is 11.8. The molecule has 0 fully saturated rings. The Morgan fingerprint density at radius 1 is 1.17 bits per heavy atom. The molecule has 0 radical (unpaired) electrons. The Hall–Kier alpha value is -2.18. The van der Waals surface area contributed by atoms with Gasteiger partial charge in [-0.1, -0.05) is 43.7 Å². The predicted octanol–water partition coefficient (Wildman–Crippen LogP) is 1.52. The van der Waals surface area contributed by atoms with Crippen molar-refractivity contribution >= 4 is 23.2 Å². The van der Waals surface area contributed by atoms with Crippen molar-refractivity contribution < 1.29 is 14.9 Å². The SMILES string of the molecule is CCCc1ccc([C@H]([NH2+]CC(=O)NNC(C)=O)c2cccs2)cc1. The molecule has 0 spiro atoms. The van der Waals surface area contributed by atoms with E-state index in [2.05, 4.69) is 48.1 Å². The molecule has 2 rings (SSSR count). The van der Waals surface area contributed by atoms with Crippen molar-refractivity contribution in [2.75, 3.05) is 6.54 Å². The molecular weight excluding hydrogens is 322 g/mol. The summed E-state index contributed by atoms with van der Waals surface area (Å²) in [5.41, 5.74) is 7.20. The van der Waals surface area contributed by atoms with Gasteiger partial charge in [0.2, 0.25) is 5.91 Å². The third-order valence-electron chi connectivity index (χ3n) is 3.64. The molecule has 6 heteroatoms. The molecule has 0 saturated heterocycles. The number of thiophene rings is 1. The second kappa shape index (κ2) is 9.20. The number of quaternary nitrogens is 1. The number of aryl methyl sites for hydroxylation is 1. The van der Waals surface area contributed by atoms with Gasteiger partial charge in [0.05, 0.1) is 4.88 Å². The van der Waals surface area contributed by atoms with Crippen LogP contribution in [0.3, 0.4) is 0 Å². The molecule has 4 N–H and O–H groups in total. The highest BCUT2D eigenvalue weighted by Gasteiger charge is 2.20. The lowest BCUT2D eigenvalue weighted by molar-refractivity contribution is -0.676. The first kappa shape index (κ1) is 18.2. The minimum atomic E-state index is -0.287. The van der Waals surface area contributed by atoms with Crippen molar-refractivity contribution in [2.45, 2.75) is 32.7 Å². The Morgan fingerprint density at radius 2 is 1.92 bits per heavy atom. The van der Waals surface area contributed by atoms with Crippen LogP contribution in [0.4, 0.5) is 0 Å². The predicted molar refractivity (Wildman–Crippen MR) is 95.4 cm³/mol. The Bertz CT molecular complexity index is 653. The van der Waals surface area contributed by atoms with E-state index < -0.39 is 0 Å². The van der Waals surface area contributed by atoms with Crippen LogP contribution >= 0.6 is 11.3 Å². The van der Waals surface area contributed by atoms with Crippen LogP contribution in [0.25, 0.3) is 0 Å². The largest absolute Gasteiger partial charge is 0.328 e. The lowest BCUT2D eigenvalue weighted by atomic mass is 10.0. The van der Waals surface area contributed by atoms with Gasteiger partial charge in [-0.25, -0.2) is 0 Å². The van der Waals surface area contributed by atoms with Crippen LogP contribution in [-0.4, -0.2) is 18.4 Å². The molecule has 2 aromatic rings. The number of amides is 2. The summed E-state index contributed by atoms with van der Waals surface area (Å²) in [5.74, 6) is -0.515. The van der Waals surface area contributed by atoms with Gasteiger partial charge in [0, 0.05) is 12.5 Å². The molecule has 0 aliphatic rings. The molecule has 0 aliphatic heterocycles. The van der Waals surface area contributed by atoms with Crippen molar-refractivity contribution in [1.82, 2.24) is 10.9 Å². The van der Waals surface area contributed by atoms with Crippen LogP contribution in [0.5, 0.6) is 0 Å². The first-order chi connectivity index (χ1) is 11.6. The number of benzene rings is 1. The zero-order valence-corrected chi connectivity index (χ0v) is 14.9. The maximum absolute atomic E-state index is 11.8. The van der Waals surface area contributed by atoms with Crippen LogP contribution in [0, 0.1) is 0 Å². The monoisotopic (exact) mass is 346 g/mol. The summed E-state index contributed by atoms with van der Waals surface area (Å²) in [4.78, 5) is 23.9. The minimum Gasteiger partial charge on any atom is -0.328 e. The van der Waals surface area contributed by atoms with E-state index >= 15 is 0 Å². The van der Waals surface area contributed by atoms with Gasteiger partial charge in [-0.3, -0.25) is 20.4 Å². The summed E-state index contributed by atoms with van der Waals surface area (Å²) < 4.78 is 0. The van der Waals surface area contributed by atoms with Crippen molar-refractivity contribution in [1.29, 1.82) is 0 Å². The summed E-state index contributed by atoms with van der Waals surface area (Å²) in [6, 6.07) is 12.8. The van der Waals surface area contributed by atoms with Crippen LogP contribution < -0.4 is 16.2 Å². The van der Waals surface area contributed by atoms with Crippen LogP contribution in [-0.2, 0) is 16.0 Å². The van der Waals surface area contributed by atoms with Gasteiger partial charge in [-0.05, 0) is 23.4 Å². The van der Waals surface area contributed by atoms with Gasteiger partial charge in [-0.15, -0.1) is 11.3 Å². The third kappa shape index (κ3) is 5.47. The number of carbonyl (C=O) groups is 2. The maximum Gasteiger partial charge on any atom is 0.293 e. The number of nitrogens with one attached hydrogen (secondary N) is 2. The number of hydrazine groups is 1. The zero-order chi connectivity index (χ0) is 17.4. The molecule has 0 bridgehead atoms. The average Bonchev–Trinajstić information content (AvgIpc) is 3.09. The summed E-state index contributed by atoms with van der Waals surface area (Å²) in [6.45, 7) is 3.76. The Morgan fingerprint density at radius 3 is 2.50 bits per heavy atom. The van der Waals surface area contributed by atoms with Crippen molar-refractivity contribution in [2.24, 2.45) is 0 Å². The van der Waals surface area contributed by atoms with Crippen LogP contribution in [0.2, 0.25) is 0 Å². The molecular formula is C18H24N3O2S+. The lowest BCUT2D eigenvalue weighted by Crippen LogP contribution is -2.88. The number of carbonyl (C=O) groups excluding carboxylic acids is 2. The molecule has 0 saturated carbocycles. The quantitative estimate of drug-likeness (QED) is 0.665. The molecule has 24 heavy (non-hydrogen) atoms. The standard InChI is InChI=1S/C18H23N3O2S/c1-3-5-14-7-9-15(10-8-14)18(16-6-4-11-24-16)19-12-17(23)21-20-13(2)22/h4,6-11,18-19H,3,5,12H2,1-2H3,(H,20,22)(H,21,23)/p+1/t18-/m0/s1. The molecule has 5 nitrogen and oxygen atoms in total. The summed E-state index contributed by atoms with van der Waals surface area (Å²) >= 11 is 1.68. The lowest BCUT2D eigenvalue weighted by Gasteiger charge is -2.15. The second-order valence-corrected chi connectivity index (χ2v) is 6.63. The molecule has 2 amide bonds. The third-order valence-corrected chi connectivity index (χ3v) is 4.60. The number of nitrogens with two attached hydrogens (primary N) is 1. The first-order valence-electron chi connectivity index (χ1n) is 8.11. The van der Waals surface area contributed by atoms with E-state index in [4.69, 9.17) is 0 Å². The molecule has 0 aliphatic carbocycles. The molecule has 1 aromatic heterocycles. The fourth-order valence-corrected chi connectivity index (χ4v) is 3.35. The van der Waals surface area contributed by atoms with E-state index in [1.807, 2.05) is 16.8 Å². The Labute approximate surface area is 146 Å². The van der Waals surface area contributed by atoms with E-state index in [-0.39, 0.29) is 24.4 Å². The fourth-order valence-electron chi connectivity index (χ4n) is 2.50. The highest BCUT2D eigenvalue weighted by molar-refractivity contribution is 7.10. The van der Waals surface area contributed by atoms with Crippen molar-refractivity contribution in [3.05, 3.63) is 57.8 Å². The molecule has 0 unspecified atom stereocenters. The van der Waals surface area contributed by atoms with Gasteiger partial charge in [0.15, 0.2) is 6.54 Å². The van der Waals surface area contributed by atoms with E-state index in [1.54, 1.807) is 11.3 Å². The van der Waals surface area contributed by atoms with Gasteiger partial charge in [0.25, 0.3) is 5.91 Å². The van der Waals surface area contributed by atoms with Crippen molar-refractivity contribution in [3.8, 4) is 0 Å². The van der Waals surface area contributed by atoms with Crippen LogP contribution in [0.15, 0.2) is 41.8 Å². The zero-order valence-electron chi connectivity index (χ0n) is 14.0. The number of rotatable bonds is 7. The summed E-state index contributed by atoms with van der Waals surface area (Å²) in [6.07, 6.45) is 2.20. The highest BCUT2D eigenvalue weighted by Crippen LogP contribution is 2.23. The summed E-state index contributed by atoms with van der Waals surface area (Å²) in [5, 5.41) is 4.02. The van der Waals surface area contributed by atoms with E-state index in [9.17, 15) is 9.59 Å². The number of hydrogen-bond donors (Lipinski definition) is 3. The Kier molecular flexibility index (Phi) is 6.96. The van der Waals surface area contributed by atoms with E-state index in [0.717, 1.165) is 12.8 Å². The molecule has 1 heterocycles.